The Hall–Kier alpha value is -2.05. The number of ether oxygens (including phenoxy) is 1. The van der Waals surface area contributed by atoms with Gasteiger partial charge in [-0.3, -0.25) is 14.4 Å². The Labute approximate surface area is 177 Å². The number of halogens is 1. The van der Waals surface area contributed by atoms with E-state index in [2.05, 4.69) is 16.1 Å². The molecule has 1 aliphatic carbocycles. The maximum atomic E-state index is 12.3. The molecule has 0 atom stereocenters. The van der Waals surface area contributed by atoms with Gasteiger partial charge in [-0.1, -0.05) is 17.7 Å². The first-order chi connectivity index (χ1) is 14.1. The highest BCUT2D eigenvalue weighted by Gasteiger charge is 2.32. The van der Waals surface area contributed by atoms with E-state index in [0.29, 0.717) is 12.5 Å². The predicted octanol–water partition coefficient (Wildman–Crippen LogP) is 3.45. The quantitative estimate of drug-likeness (QED) is 0.661. The summed E-state index contributed by atoms with van der Waals surface area (Å²) in [7, 11) is 1.86. The van der Waals surface area contributed by atoms with Crippen molar-refractivity contribution < 1.29 is 9.53 Å². The lowest BCUT2D eigenvalue weighted by atomic mass is 9.82. The van der Waals surface area contributed by atoms with Crippen LogP contribution in [0, 0.1) is 5.92 Å². The van der Waals surface area contributed by atoms with Gasteiger partial charge in [0.05, 0.1) is 6.10 Å². The Kier molecular flexibility index (Phi) is 6.40. The molecule has 1 saturated heterocycles. The number of benzene rings is 1. The highest BCUT2D eigenvalue weighted by atomic mass is 35.5. The molecule has 0 spiro atoms. The van der Waals surface area contributed by atoms with Gasteiger partial charge in [-0.05, 0) is 68.5 Å². The second-order valence-corrected chi connectivity index (χ2v) is 8.70. The molecule has 1 aromatic heterocycles. The van der Waals surface area contributed by atoms with E-state index in [9.17, 15) is 4.79 Å². The van der Waals surface area contributed by atoms with Gasteiger partial charge in [0.15, 0.2) is 0 Å². The van der Waals surface area contributed by atoms with Crippen molar-refractivity contribution in [3.8, 4) is 5.75 Å². The van der Waals surface area contributed by atoms with Crippen LogP contribution in [0.2, 0.25) is 5.02 Å². The summed E-state index contributed by atoms with van der Waals surface area (Å²) in [5, 5.41) is 4.87. The molecule has 1 aliphatic heterocycles. The van der Waals surface area contributed by atoms with Gasteiger partial charge in [0.25, 0.3) is 0 Å². The van der Waals surface area contributed by atoms with Crippen LogP contribution in [0.1, 0.15) is 31.2 Å². The van der Waals surface area contributed by atoms with E-state index >= 15 is 0 Å². The average molecular weight is 417 g/mol. The van der Waals surface area contributed by atoms with Crippen LogP contribution in [-0.4, -0.2) is 58.3 Å². The average Bonchev–Trinajstić information content (AvgIpc) is 3.36. The van der Waals surface area contributed by atoms with E-state index < -0.39 is 0 Å². The first-order valence-electron chi connectivity index (χ1n) is 10.5. The molecule has 6 nitrogen and oxygen atoms in total. The van der Waals surface area contributed by atoms with Crippen molar-refractivity contribution in [2.75, 3.05) is 26.7 Å². The molecule has 2 aliphatic rings. The van der Waals surface area contributed by atoms with Gasteiger partial charge in [0, 0.05) is 37.6 Å². The lowest BCUT2D eigenvalue weighted by molar-refractivity contribution is -0.132. The van der Waals surface area contributed by atoms with Crippen LogP contribution in [0.25, 0.3) is 0 Å². The first kappa shape index (κ1) is 20.2. The Morgan fingerprint density at radius 3 is 2.79 bits per heavy atom. The third-order valence-corrected chi connectivity index (χ3v) is 6.28. The SMILES string of the molecule is CN(CC1CC(Oc2ccc(CN3CCCC3)c(Cl)c2)C1)C(=O)Cn1cccn1. The van der Waals surface area contributed by atoms with Crippen LogP contribution >= 0.6 is 11.6 Å². The molecule has 0 N–H and O–H groups in total. The Morgan fingerprint density at radius 1 is 1.31 bits per heavy atom. The zero-order valence-corrected chi connectivity index (χ0v) is 17.7. The fraction of sp³-hybridized carbons (Fsp3) is 0.545. The van der Waals surface area contributed by atoms with Gasteiger partial charge in [-0.15, -0.1) is 0 Å². The fourth-order valence-electron chi connectivity index (χ4n) is 4.17. The van der Waals surface area contributed by atoms with Crippen LogP contribution < -0.4 is 4.74 Å². The summed E-state index contributed by atoms with van der Waals surface area (Å²) in [6.07, 6.45) is 8.19. The number of hydrogen-bond donors (Lipinski definition) is 0. The molecule has 1 saturated carbocycles. The second kappa shape index (κ2) is 9.18. The fourth-order valence-corrected chi connectivity index (χ4v) is 4.40. The van der Waals surface area contributed by atoms with Crippen molar-refractivity contribution in [1.82, 2.24) is 19.6 Å². The van der Waals surface area contributed by atoms with Crippen molar-refractivity contribution in [2.24, 2.45) is 5.92 Å². The van der Waals surface area contributed by atoms with Gasteiger partial charge in [0.1, 0.15) is 12.3 Å². The molecule has 156 valence electrons. The number of carbonyl (C=O) groups is 1. The topological polar surface area (TPSA) is 50.6 Å². The van der Waals surface area contributed by atoms with Crippen LogP contribution in [0.5, 0.6) is 5.75 Å². The zero-order valence-electron chi connectivity index (χ0n) is 17.0. The van der Waals surface area contributed by atoms with Crippen molar-refractivity contribution in [2.45, 2.75) is 44.9 Å². The molecule has 1 aromatic carbocycles. The summed E-state index contributed by atoms with van der Waals surface area (Å²) in [6, 6.07) is 7.89. The maximum absolute atomic E-state index is 12.3. The molecule has 0 bridgehead atoms. The second-order valence-electron chi connectivity index (χ2n) is 8.29. The lowest BCUT2D eigenvalue weighted by Crippen LogP contribution is -2.42. The van der Waals surface area contributed by atoms with Gasteiger partial charge < -0.3 is 9.64 Å². The molecule has 0 unspecified atom stereocenters. The minimum absolute atomic E-state index is 0.0819. The summed E-state index contributed by atoms with van der Waals surface area (Å²) in [6.45, 7) is 4.30. The van der Waals surface area contributed by atoms with E-state index in [-0.39, 0.29) is 12.0 Å². The third kappa shape index (κ3) is 5.31. The van der Waals surface area contributed by atoms with Crippen molar-refractivity contribution >= 4 is 17.5 Å². The first-order valence-corrected chi connectivity index (χ1v) is 10.8. The molecule has 29 heavy (non-hydrogen) atoms. The number of nitrogens with zero attached hydrogens (tertiary/aromatic N) is 4. The van der Waals surface area contributed by atoms with E-state index in [1.165, 1.54) is 18.4 Å². The Bertz CT molecular complexity index is 814. The molecule has 1 amide bonds. The van der Waals surface area contributed by atoms with Gasteiger partial charge in [-0.25, -0.2) is 0 Å². The van der Waals surface area contributed by atoms with Crippen LogP contribution in [0.3, 0.4) is 0 Å². The maximum Gasteiger partial charge on any atom is 0.244 e. The minimum atomic E-state index is 0.0819. The lowest BCUT2D eigenvalue weighted by Gasteiger charge is -2.37. The third-order valence-electron chi connectivity index (χ3n) is 5.93. The number of likely N-dealkylation sites (N-methyl/N-ethyl adjacent to an activating group) is 1. The normalized spacial score (nSPS) is 21.7. The molecular formula is C22H29ClN4O2. The summed E-state index contributed by atoms with van der Waals surface area (Å²) in [4.78, 5) is 16.5. The molecular weight excluding hydrogens is 388 g/mol. The molecule has 2 fully saturated rings. The number of amides is 1. The van der Waals surface area contributed by atoms with Crippen LogP contribution in [-0.2, 0) is 17.9 Å². The van der Waals surface area contributed by atoms with Crippen LogP contribution in [0.4, 0.5) is 0 Å². The molecule has 2 aromatic rings. The smallest absolute Gasteiger partial charge is 0.244 e. The Morgan fingerprint density at radius 2 is 2.10 bits per heavy atom. The summed E-state index contributed by atoms with van der Waals surface area (Å²) in [5.74, 6) is 1.40. The largest absolute Gasteiger partial charge is 0.490 e. The zero-order chi connectivity index (χ0) is 20.2. The van der Waals surface area contributed by atoms with Gasteiger partial charge >= 0.3 is 0 Å². The van der Waals surface area contributed by atoms with Crippen LogP contribution in [0.15, 0.2) is 36.7 Å². The standard InChI is InChI=1S/C22H29ClN4O2/c1-25(22(28)16-27-10-4-7-24-27)14-17-11-20(12-17)29-19-6-5-18(21(23)13-19)15-26-8-2-3-9-26/h4-7,10,13,17,20H,2-3,8-9,11-12,14-16H2,1H3. The number of rotatable bonds is 8. The number of likely N-dealkylation sites (tertiary alicyclic amines) is 1. The number of hydrogen-bond acceptors (Lipinski definition) is 4. The van der Waals surface area contributed by atoms with Crippen molar-refractivity contribution in [3.05, 3.63) is 47.2 Å². The number of carbonyl (C=O) groups excluding carboxylic acids is 1. The van der Waals surface area contributed by atoms with Gasteiger partial charge in [-0.2, -0.15) is 5.10 Å². The highest BCUT2D eigenvalue weighted by molar-refractivity contribution is 6.31. The summed E-state index contributed by atoms with van der Waals surface area (Å²) < 4.78 is 7.75. The predicted molar refractivity (Wildman–Crippen MR) is 113 cm³/mol. The summed E-state index contributed by atoms with van der Waals surface area (Å²) in [5.41, 5.74) is 1.17. The van der Waals surface area contributed by atoms with E-state index in [1.54, 1.807) is 22.0 Å². The molecule has 7 heteroatoms. The number of aromatic nitrogens is 2. The van der Waals surface area contributed by atoms with Crippen molar-refractivity contribution in [1.29, 1.82) is 0 Å². The van der Waals surface area contributed by atoms with E-state index in [0.717, 1.165) is 49.8 Å². The van der Waals surface area contributed by atoms with E-state index in [4.69, 9.17) is 16.3 Å². The minimum Gasteiger partial charge on any atom is -0.490 e. The molecule has 0 radical (unpaired) electrons. The van der Waals surface area contributed by atoms with Gasteiger partial charge in [0.2, 0.25) is 5.91 Å². The Balaban J connectivity index is 1.20. The monoisotopic (exact) mass is 416 g/mol. The van der Waals surface area contributed by atoms with Crippen molar-refractivity contribution in [3.63, 3.8) is 0 Å². The summed E-state index contributed by atoms with van der Waals surface area (Å²) >= 11 is 6.49. The highest BCUT2D eigenvalue weighted by Crippen LogP contribution is 2.33. The molecule has 2 heterocycles. The van der Waals surface area contributed by atoms with E-state index in [1.807, 2.05) is 25.2 Å². The molecule has 4 rings (SSSR count).